The van der Waals surface area contributed by atoms with Crippen LogP contribution in [0.15, 0.2) is 12.6 Å². The molecule has 1 fully saturated rings. The molecule has 0 bridgehead atoms. The van der Waals surface area contributed by atoms with Gasteiger partial charge in [-0.1, -0.05) is 33.8 Å². The van der Waals surface area contributed by atoms with Gasteiger partial charge in [0, 0.05) is 11.6 Å². The van der Waals surface area contributed by atoms with E-state index in [1.54, 1.807) is 26.8 Å². The van der Waals surface area contributed by atoms with Crippen molar-refractivity contribution in [2.24, 2.45) is 0 Å². The van der Waals surface area contributed by atoms with E-state index in [1.165, 1.54) is 6.92 Å². The van der Waals surface area contributed by atoms with E-state index >= 15 is 0 Å². The van der Waals surface area contributed by atoms with Crippen molar-refractivity contribution in [3.05, 3.63) is 35.2 Å². The van der Waals surface area contributed by atoms with Gasteiger partial charge in [0.05, 0.1) is 11.1 Å². The molecule has 0 amide bonds. The van der Waals surface area contributed by atoms with Crippen molar-refractivity contribution in [1.29, 1.82) is 0 Å². The number of alkyl halides is 3. The molecule has 0 aromatic carbocycles. The molecule has 0 spiro atoms. The summed E-state index contributed by atoms with van der Waals surface area (Å²) in [5.41, 5.74) is 1.36. The average Bonchev–Trinajstić information content (AvgIpc) is 2.47. The summed E-state index contributed by atoms with van der Waals surface area (Å²) in [5, 5.41) is 0. The molecule has 1 aliphatic carbocycles. The second-order valence-electron chi connectivity index (χ2n) is 6.66. The summed E-state index contributed by atoms with van der Waals surface area (Å²) in [4.78, 5) is 4.62. The topological polar surface area (TPSA) is 12.9 Å². The van der Waals surface area contributed by atoms with Crippen LogP contribution in [-0.4, -0.2) is 11.2 Å². The van der Waals surface area contributed by atoms with Gasteiger partial charge in [-0.2, -0.15) is 13.2 Å². The maximum atomic E-state index is 13.7. The summed E-state index contributed by atoms with van der Waals surface area (Å²) >= 11 is 0. The minimum atomic E-state index is -4.28. The first-order valence-corrected chi connectivity index (χ1v) is 8.86. The zero-order valence-electron chi connectivity index (χ0n) is 15.8. The maximum absolute atomic E-state index is 13.7. The van der Waals surface area contributed by atoms with E-state index in [9.17, 15) is 13.2 Å². The van der Waals surface area contributed by atoms with Crippen molar-refractivity contribution in [3.63, 3.8) is 0 Å². The van der Waals surface area contributed by atoms with Gasteiger partial charge < -0.3 is 0 Å². The lowest BCUT2D eigenvalue weighted by Crippen LogP contribution is -2.40. The summed E-state index contributed by atoms with van der Waals surface area (Å²) in [6.07, 6.45) is -1.11. The lowest BCUT2D eigenvalue weighted by molar-refractivity contribution is -0.186. The first kappa shape index (κ1) is 20.7. The molecule has 2 rings (SSSR count). The zero-order valence-corrected chi connectivity index (χ0v) is 15.8. The molecule has 24 heavy (non-hydrogen) atoms. The molecule has 1 heterocycles. The van der Waals surface area contributed by atoms with Gasteiger partial charge >= 0.3 is 6.18 Å². The predicted octanol–water partition coefficient (Wildman–Crippen LogP) is 6.95. The van der Waals surface area contributed by atoms with Crippen LogP contribution in [-0.2, 0) is 5.41 Å². The van der Waals surface area contributed by atoms with Crippen molar-refractivity contribution in [2.75, 3.05) is 0 Å². The molecule has 0 N–H and O–H groups in total. The van der Waals surface area contributed by atoms with Crippen molar-refractivity contribution >= 4 is 5.57 Å². The highest BCUT2D eigenvalue weighted by molar-refractivity contribution is 5.60. The molecule has 0 aliphatic heterocycles. The Labute approximate surface area is 144 Å². The van der Waals surface area contributed by atoms with E-state index in [2.05, 4.69) is 11.6 Å². The summed E-state index contributed by atoms with van der Waals surface area (Å²) in [5.74, 6) is 0.299. The Balaban J connectivity index is 0.00000139. The molecule has 0 radical (unpaired) electrons. The van der Waals surface area contributed by atoms with Crippen LogP contribution in [0.5, 0.6) is 0 Å². The molecule has 1 saturated carbocycles. The van der Waals surface area contributed by atoms with Crippen LogP contribution in [0.2, 0.25) is 0 Å². The van der Waals surface area contributed by atoms with Crippen LogP contribution in [0, 0.1) is 6.92 Å². The first-order chi connectivity index (χ1) is 11.1. The normalized spacial score (nSPS) is 17.4. The number of aromatic nitrogens is 1. The van der Waals surface area contributed by atoms with Crippen molar-refractivity contribution in [2.45, 2.75) is 84.7 Å². The molecule has 1 atom stereocenters. The monoisotopic (exact) mass is 341 g/mol. The molecule has 4 heteroatoms. The van der Waals surface area contributed by atoms with E-state index < -0.39 is 11.6 Å². The van der Waals surface area contributed by atoms with Gasteiger partial charge in [-0.05, 0) is 62.8 Å². The summed E-state index contributed by atoms with van der Waals surface area (Å²) in [6.45, 7) is 14.3. The van der Waals surface area contributed by atoms with Crippen LogP contribution in [0.4, 0.5) is 13.2 Å². The molecule has 1 aromatic heterocycles. The third-order valence-electron chi connectivity index (χ3n) is 5.17. The Hall–Kier alpha value is -1.32. The Kier molecular flexibility index (Phi) is 6.66. The molecule has 1 aromatic rings. The summed E-state index contributed by atoms with van der Waals surface area (Å²) in [7, 11) is 0. The number of allylic oxidation sites excluding steroid dienone is 1. The maximum Gasteiger partial charge on any atom is 0.398 e. The lowest BCUT2D eigenvalue weighted by Gasteiger charge is -2.35. The van der Waals surface area contributed by atoms with E-state index in [-0.39, 0.29) is 6.42 Å². The third kappa shape index (κ3) is 3.68. The van der Waals surface area contributed by atoms with Crippen molar-refractivity contribution in [3.8, 4) is 0 Å². The van der Waals surface area contributed by atoms with Crippen molar-refractivity contribution in [1.82, 2.24) is 4.98 Å². The van der Waals surface area contributed by atoms with E-state index in [4.69, 9.17) is 0 Å². The van der Waals surface area contributed by atoms with Gasteiger partial charge in [0.2, 0.25) is 0 Å². The SMILES string of the molecule is C=C(C)c1cc(C(C)(CC)C(F)(F)F)c(C)c(C2CCC2)n1.CC. The van der Waals surface area contributed by atoms with Crippen LogP contribution in [0.1, 0.15) is 88.7 Å². The quantitative estimate of drug-likeness (QED) is 0.577. The van der Waals surface area contributed by atoms with E-state index in [0.717, 1.165) is 25.0 Å². The molecular weight excluding hydrogens is 311 g/mol. The Bertz CT molecular complexity index is 585. The van der Waals surface area contributed by atoms with Crippen LogP contribution >= 0.6 is 0 Å². The first-order valence-electron chi connectivity index (χ1n) is 8.86. The average molecular weight is 341 g/mol. The Morgan fingerprint density at radius 2 is 1.83 bits per heavy atom. The predicted molar refractivity (Wildman–Crippen MR) is 95.3 cm³/mol. The molecule has 0 saturated heterocycles. The number of halogens is 3. The highest BCUT2D eigenvalue weighted by atomic mass is 19.4. The zero-order chi connectivity index (χ0) is 18.7. The smallest absolute Gasteiger partial charge is 0.253 e. The molecule has 1 aliphatic rings. The van der Waals surface area contributed by atoms with E-state index in [1.807, 2.05) is 13.8 Å². The van der Waals surface area contributed by atoms with Crippen LogP contribution < -0.4 is 0 Å². The second-order valence-corrected chi connectivity index (χ2v) is 6.66. The summed E-state index contributed by atoms with van der Waals surface area (Å²) in [6, 6.07) is 1.59. The lowest BCUT2D eigenvalue weighted by atomic mass is 9.73. The Morgan fingerprint density at radius 1 is 1.29 bits per heavy atom. The van der Waals surface area contributed by atoms with Gasteiger partial charge in [-0.25, -0.2) is 0 Å². The van der Waals surface area contributed by atoms with E-state index in [0.29, 0.717) is 28.3 Å². The highest BCUT2D eigenvalue weighted by Gasteiger charge is 2.52. The minimum Gasteiger partial charge on any atom is -0.253 e. The van der Waals surface area contributed by atoms with Crippen LogP contribution in [0.25, 0.3) is 5.57 Å². The van der Waals surface area contributed by atoms with Gasteiger partial charge in [-0.3, -0.25) is 4.98 Å². The number of nitrogens with zero attached hydrogens (tertiary/aromatic N) is 1. The third-order valence-corrected chi connectivity index (χ3v) is 5.17. The number of hydrogen-bond acceptors (Lipinski definition) is 1. The largest absolute Gasteiger partial charge is 0.398 e. The highest BCUT2D eigenvalue weighted by Crippen LogP contribution is 2.47. The molecular formula is C20H30F3N. The minimum absolute atomic E-state index is 0.0150. The second kappa shape index (κ2) is 7.71. The molecule has 1 nitrogen and oxygen atoms in total. The van der Waals surface area contributed by atoms with Gasteiger partial charge in [-0.15, -0.1) is 0 Å². The molecule has 136 valence electrons. The molecule has 1 unspecified atom stereocenters. The van der Waals surface area contributed by atoms with Crippen LogP contribution in [0.3, 0.4) is 0 Å². The Morgan fingerprint density at radius 3 is 2.17 bits per heavy atom. The fourth-order valence-electron chi connectivity index (χ4n) is 3.04. The van der Waals surface area contributed by atoms with Gasteiger partial charge in [0.25, 0.3) is 0 Å². The number of rotatable bonds is 4. The fourth-order valence-corrected chi connectivity index (χ4v) is 3.04. The standard InChI is InChI=1S/C18H24F3N.C2H6/c1-6-17(5,18(19,20)21)14-10-15(11(2)3)22-16(12(14)4)13-8-7-9-13;1-2/h10,13H,2,6-9H2,1,3-5H3;1-2H3. The number of pyridine rings is 1. The van der Waals surface area contributed by atoms with Crippen molar-refractivity contribution < 1.29 is 13.2 Å². The van der Waals surface area contributed by atoms with Gasteiger partial charge in [0.1, 0.15) is 0 Å². The van der Waals surface area contributed by atoms with Gasteiger partial charge in [0.15, 0.2) is 0 Å². The number of hydrogen-bond donors (Lipinski definition) is 0. The summed E-state index contributed by atoms with van der Waals surface area (Å²) < 4.78 is 41.1. The fraction of sp³-hybridized carbons (Fsp3) is 0.650.